The molecule has 0 saturated heterocycles. The van der Waals surface area contributed by atoms with Crippen molar-refractivity contribution in [3.8, 4) is 11.5 Å². The molecule has 142 valence electrons. The van der Waals surface area contributed by atoms with Gasteiger partial charge in [-0.1, -0.05) is 5.16 Å². The average molecular weight is 372 g/mol. The van der Waals surface area contributed by atoms with Gasteiger partial charge in [-0.3, -0.25) is 14.2 Å². The molecule has 9 nitrogen and oxygen atoms in total. The lowest BCUT2D eigenvalue weighted by molar-refractivity contribution is -0.118. The van der Waals surface area contributed by atoms with Gasteiger partial charge in [0, 0.05) is 6.07 Å². The number of nitrogens with zero attached hydrogens (tertiary/aromatic N) is 3. The summed E-state index contributed by atoms with van der Waals surface area (Å²) in [5.41, 5.74) is 0.651. The largest absolute Gasteiger partial charge is 0.497 e. The van der Waals surface area contributed by atoms with Crippen molar-refractivity contribution in [2.75, 3.05) is 19.5 Å². The molecule has 2 heterocycles. The fraction of sp³-hybridized carbons (Fsp3) is 0.333. The maximum atomic E-state index is 12.9. The maximum Gasteiger partial charge on any atom is 0.267 e. The quantitative estimate of drug-likeness (QED) is 0.731. The number of amides is 1. The summed E-state index contributed by atoms with van der Waals surface area (Å²) in [6, 6.07) is 4.23. The molecule has 0 radical (unpaired) electrons. The van der Waals surface area contributed by atoms with E-state index in [1.807, 2.05) is 0 Å². The van der Waals surface area contributed by atoms with Crippen LogP contribution in [0.15, 0.2) is 27.5 Å². The van der Waals surface area contributed by atoms with Crippen LogP contribution < -0.4 is 20.3 Å². The molecule has 0 spiro atoms. The number of rotatable bonds is 5. The van der Waals surface area contributed by atoms with E-state index in [4.69, 9.17) is 14.0 Å². The minimum Gasteiger partial charge on any atom is -0.497 e. The van der Waals surface area contributed by atoms with Crippen LogP contribution in [0.25, 0.3) is 11.1 Å². The standard InChI is InChI=1S/C18H20N4O5/c1-9-15-17(27-21-9)19-11(3)22(18(15)24)10(2)16(23)20-13-8-12(25-4)6-7-14(13)26-5/h6-8,10H,1-5H3,(H,20,23)/t10-/m1/s1. The Morgan fingerprint density at radius 1 is 1.26 bits per heavy atom. The molecular formula is C18H20N4O5. The fourth-order valence-corrected chi connectivity index (χ4v) is 2.87. The molecule has 0 fully saturated rings. The Bertz CT molecular complexity index is 1070. The minimum atomic E-state index is -0.820. The van der Waals surface area contributed by atoms with Gasteiger partial charge in [0.05, 0.1) is 25.6 Å². The summed E-state index contributed by atoms with van der Waals surface area (Å²) in [7, 11) is 3.03. The Hall–Kier alpha value is -3.36. The highest BCUT2D eigenvalue weighted by atomic mass is 16.5. The molecule has 3 aromatic rings. The van der Waals surface area contributed by atoms with Crippen molar-refractivity contribution < 1.29 is 18.8 Å². The van der Waals surface area contributed by atoms with Crippen molar-refractivity contribution in [2.24, 2.45) is 0 Å². The molecule has 1 aromatic carbocycles. The smallest absolute Gasteiger partial charge is 0.267 e. The van der Waals surface area contributed by atoms with Gasteiger partial charge < -0.3 is 19.3 Å². The number of anilines is 1. The number of hydrogen-bond donors (Lipinski definition) is 1. The molecule has 27 heavy (non-hydrogen) atoms. The van der Waals surface area contributed by atoms with Crippen LogP contribution in [0.3, 0.4) is 0 Å². The number of carbonyl (C=O) groups is 1. The van der Waals surface area contributed by atoms with Crippen molar-refractivity contribution in [1.82, 2.24) is 14.7 Å². The topological polar surface area (TPSA) is 108 Å². The van der Waals surface area contributed by atoms with Crippen LogP contribution in [0.1, 0.15) is 24.5 Å². The van der Waals surface area contributed by atoms with E-state index in [1.165, 1.54) is 18.8 Å². The average Bonchev–Trinajstić information content (AvgIpc) is 3.02. The highest BCUT2D eigenvalue weighted by Gasteiger charge is 2.23. The number of methoxy groups -OCH3 is 2. The SMILES string of the molecule is COc1ccc(OC)c(NC(=O)[C@@H](C)n2c(C)nc3onc(C)c3c2=O)c1. The first kappa shape index (κ1) is 18.4. The number of aryl methyl sites for hydroxylation is 2. The highest BCUT2D eigenvalue weighted by molar-refractivity contribution is 5.95. The van der Waals surface area contributed by atoms with Gasteiger partial charge in [-0.15, -0.1) is 0 Å². The first-order valence-electron chi connectivity index (χ1n) is 8.25. The van der Waals surface area contributed by atoms with Gasteiger partial charge in [0.2, 0.25) is 5.91 Å². The van der Waals surface area contributed by atoms with Gasteiger partial charge in [0.15, 0.2) is 0 Å². The molecule has 0 bridgehead atoms. The number of benzene rings is 1. The second kappa shape index (κ2) is 7.10. The molecule has 2 aromatic heterocycles. The van der Waals surface area contributed by atoms with Gasteiger partial charge >= 0.3 is 0 Å². The molecule has 9 heteroatoms. The molecule has 0 aliphatic carbocycles. The minimum absolute atomic E-state index is 0.160. The molecule has 0 saturated carbocycles. The molecule has 0 unspecified atom stereocenters. The zero-order valence-electron chi connectivity index (χ0n) is 15.7. The van der Waals surface area contributed by atoms with Gasteiger partial charge in [0.25, 0.3) is 11.3 Å². The molecule has 1 atom stereocenters. The van der Waals surface area contributed by atoms with E-state index >= 15 is 0 Å². The predicted molar refractivity (Wildman–Crippen MR) is 98.4 cm³/mol. The first-order valence-corrected chi connectivity index (χ1v) is 8.25. The third-order valence-electron chi connectivity index (χ3n) is 4.32. The van der Waals surface area contributed by atoms with Crippen LogP contribution >= 0.6 is 0 Å². The van der Waals surface area contributed by atoms with Gasteiger partial charge in [0.1, 0.15) is 28.8 Å². The third kappa shape index (κ3) is 3.23. The van der Waals surface area contributed by atoms with Gasteiger partial charge in [-0.25, -0.2) is 0 Å². The van der Waals surface area contributed by atoms with Crippen LogP contribution in [0.5, 0.6) is 11.5 Å². The Kier molecular flexibility index (Phi) is 4.85. The van der Waals surface area contributed by atoms with Gasteiger partial charge in [-0.2, -0.15) is 4.98 Å². The normalized spacial score (nSPS) is 12.0. The predicted octanol–water partition coefficient (Wildman–Crippen LogP) is 2.22. The number of fused-ring (bicyclic) bond motifs is 1. The molecular weight excluding hydrogens is 352 g/mol. The Morgan fingerprint density at radius 2 is 2.00 bits per heavy atom. The summed E-state index contributed by atoms with van der Waals surface area (Å²) in [5, 5.41) is 6.81. The number of ether oxygens (including phenoxy) is 2. The van der Waals surface area contributed by atoms with E-state index in [9.17, 15) is 9.59 Å². The summed E-state index contributed by atoms with van der Waals surface area (Å²) < 4.78 is 16.8. The second-order valence-electron chi connectivity index (χ2n) is 6.01. The van der Waals surface area contributed by atoms with Crippen LogP contribution in [-0.4, -0.2) is 34.8 Å². The van der Waals surface area contributed by atoms with Crippen LogP contribution in [0.2, 0.25) is 0 Å². The zero-order chi connectivity index (χ0) is 19.7. The van der Waals surface area contributed by atoms with Crippen LogP contribution in [-0.2, 0) is 4.79 Å². The summed E-state index contributed by atoms with van der Waals surface area (Å²) in [6.45, 7) is 4.90. The summed E-state index contributed by atoms with van der Waals surface area (Å²) in [5.74, 6) is 0.991. The Morgan fingerprint density at radius 3 is 2.67 bits per heavy atom. The molecule has 0 aliphatic heterocycles. The molecule has 0 aliphatic rings. The summed E-state index contributed by atoms with van der Waals surface area (Å²) >= 11 is 0. The number of aromatic nitrogens is 3. The van der Waals surface area contributed by atoms with E-state index in [-0.39, 0.29) is 16.7 Å². The Balaban J connectivity index is 1.98. The van der Waals surface area contributed by atoms with E-state index in [0.717, 1.165) is 0 Å². The van der Waals surface area contributed by atoms with Crippen LogP contribution in [0.4, 0.5) is 5.69 Å². The van der Waals surface area contributed by atoms with E-state index in [0.29, 0.717) is 28.7 Å². The van der Waals surface area contributed by atoms with E-state index in [1.54, 1.807) is 39.0 Å². The number of nitrogens with one attached hydrogen (secondary N) is 1. The molecule has 1 amide bonds. The van der Waals surface area contributed by atoms with E-state index in [2.05, 4.69) is 15.5 Å². The molecule has 3 rings (SSSR count). The van der Waals surface area contributed by atoms with Crippen molar-refractivity contribution in [3.63, 3.8) is 0 Å². The van der Waals surface area contributed by atoms with Crippen molar-refractivity contribution in [1.29, 1.82) is 0 Å². The lowest BCUT2D eigenvalue weighted by Crippen LogP contribution is -2.33. The van der Waals surface area contributed by atoms with Crippen LogP contribution in [0, 0.1) is 13.8 Å². The van der Waals surface area contributed by atoms with Crippen molar-refractivity contribution in [2.45, 2.75) is 26.8 Å². The fourth-order valence-electron chi connectivity index (χ4n) is 2.87. The summed E-state index contributed by atoms with van der Waals surface area (Å²) in [4.78, 5) is 29.9. The Labute approximate surface area is 154 Å². The summed E-state index contributed by atoms with van der Waals surface area (Å²) in [6.07, 6.45) is 0. The third-order valence-corrected chi connectivity index (χ3v) is 4.32. The van der Waals surface area contributed by atoms with Crippen molar-refractivity contribution >= 4 is 22.7 Å². The van der Waals surface area contributed by atoms with E-state index < -0.39 is 11.9 Å². The first-order chi connectivity index (χ1) is 12.9. The zero-order valence-corrected chi connectivity index (χ0v) is 15.7. The second-order valence-corrected chi connectivity index (χ2v) is 6.01. The maximum absolute atomic E-state index is 12.9. The van der Waals surface area contributed by atoms with Crippen molar-refractivity contribution in [3.05, 3.63) is 40.1 Å². The monoisotopic (exact) mass is 372 g/mol. The van der Waals surface area contributed by atoms with Gasteiger partial charge in [-0.05, 0) is 32.9 Å². The lowest BCUT2D eigenvalue weighted by atomic mass is 10.2. The molecule has 1 N–H and O–H groups in total. The highest BCUT2D eigenvalue weighted by Crippen LogP contribution is 2.29. The number of carbonyl (C=O) groups excluding carboxylic acids is 1. The lowest BCUT2D eigenvalue weighted by Gasteiger charge is -2.18. The number of hydrogen-bond acceptors (Lipinski definition) is 7.